The van der Waals surface area contributed by atoms with E-state index in [1.807, 2.05) is 10.9 Å². The molecule has 0 bridgehead atoms. The number of hydrogen-bond acceptors (Lipinski definition) is 5. The van der Waals surface area contributed by atoms with Gasteiger partial charge >= 0.3 is 0 Å². The summed E-state index contributed by atoms with van der Waals surface area (Å²) < 4.78 is 8.02. The van der Waals surface area contributed by atoms with Gasteiger partial charge < -0.3 is 15.8 Å². The molecule has 3 heterocycles. The quantitative estimate of drug-likeness (QED) is 0.837. The second-order valence-electron chi connectivity index (χ2n) is 6.49. The maximum Gasteiger partial charge on any atom is 0.139 e. The minimum absolute atomic E-state index is 0.529. The summed E-state index contributed by atoms with van der Waals surface area (Å²) in [5, 5.41) is 9.15. The first-order valence-corrected chi connectivity index (χ1v) is 9.30. The molecule has 1 saturated heterocycles. The van der Waals surface area contributed by atoms with Crippen molar-refractivity contribution in [3.63, 3.8) is 0 Å². The fourth-order valence-corrected chi connectivity index (χ4v) is 4.13. The average Bonchev–Trinajstić information content (AvgIpc) is 2.90. The number of anilines is 1. The third kappa shape index (κ3) is 2.74. The second-order valence-corrected chi connectivity index (χ2v) is 7.24. The van der Waals surface area contributed by atoms with Gasteiger partial charge in [0.2, 0.25) is 0 Å². The van der Waals surface area contributed by atoms with Gasteiger partial charge in [0, 0.05) is 24.3 Å². The van der Waals surface area contributed by atoms with Crippen LogP contribution in [-0.2, 0) is 11.3 Å². The van der Waals surface area contributed by atoms with Crippen LogP contribution < -0.4 is 11.1 Å². The number of aromatic nitrogens is 3. The van der Waals surface area contributed by atoms with Gasteiger partial charge in [-0.3, -0.25) is 4.68 Å². The van der Waals surface area contributed by atoms with E-state index < -0.39 is 0 Å². The summed E-state index contributed by atoms with van der Waals surface area (Å²) >= 11 is 3.53. The van der Waals surface area contributed by atoms with Crippen molar-refractivity contribution < 1.29 is 4.74 Å². The SMILES string of the molecule is CCn1nc(Br)c2c(N)ncc(C3=CCC(NC4COC4)CC3)c21. The number of nitrogens with zero attached hydrogens (tertiary/aromatic N) is 3. The van der Waals surface area contributed by atoms with Crippen LogP contribution in [0, 0.1) is 0 Å². The monoisotopic (exact) mass is 391 g/mol. The summed E-state index contributed by atoms with van der Waals surface area (Å²) in [6.45, 7) is 4.59. The number of nitrogens with two attached hydrogens (primary N) is 1. The van der Waals surface area contributed by atoms with Crippen LogP contribution in [0.4, 0.5) is 5.82 Å². The topological polar surface area (TPSA) is 78.0 Å². The first kappa shape index (κ1) is 16.1. The Labute approximate surface area is 149 Å². The van der Waals surface area contributed by atoms with Gasteiger partial charge in [0.05, 0.1) is 30.2 Å². The van der Waals surface area contributed by atoms with Crippen molar-refractivity contribution in [3.8, 4) is 0 Å². The van der Waals surface area contributed by atoms with Crippen LogP contribution in [0.5, 0.6) is 0 Å². The lowest BCUT2D eigenvalue weighted by Crippen LogP contribution is -2.50. The Kier molecular flexibility index (Phi) is 4.32. The van der Waals surface area contributed by atoms with Crippen molar-refractivity contribution >= 4 is 38.2 Å². The van der Waals surface area contributed by atoms with E-state index in [4.69, 9.17) is 10.5 Å². The minimum Gasteiger partial charge on any atom is -0.383 e. The highest BCUT2D eigenvalue weighted by Crippen LogP contribution is 2.36. The molecular formula is C17H22BrN5O. The van der Waals surface area contributed by atoms with E-state index in [2.05, 4.69) is 44.3 Å². The number of pyridine rings is 1. The second kappa shape index (κ2) is 6.46. The maximum absolute atomic E-state index is 6.09. The molecule has 2 aliphatic rings. The number of aryl methyl sites for hydroxylation is 1. The molecule has 2 aromatic heterocycles. The number of allylic oxidation sites excluding steroid dienone is 1. The molecule has 24 heavy (non-hydrogen) atoms. The Morgan fingerprint density at radius 1 is 1.42 bits per heavy atom. The number of hydrogen-bond donors (Lipinski definition) is 2. The van der Waals surface area contributed by atoms with Crippen LogP contribution in [0.2, 0.25) is 0 Å². The maximum atomic E-state index is 6.09. The van der Waals surface area contributed by atoms with Crippen LogP contribution in [0.15, 0.2) is 16.9 Å². The molecule has 0 saturated carbocycles. The predicted molar refractivity (Wildman–Crippen MR) is 98.7 cm³/mol. The van der Waals surface area contributed by atoms with Crippen LogP contribution >= 0.6 is 15.9 Å². The molecule has 3 N–H and O–H groups in total. The lowest BCUT2D eigenvalue weighted by Gasteiger charge is -2.33. The summed E-state index contributed by atoms with van der Waals surface area (Å²) in [4.78, 5) is 4.40. The minimum atomic E-state index is 0.529. The Bertz CT molecular complexity index is 796. The van der Waals surface area contributed by atoms with E-state index in [1.54, 1.807) is 0 Å². The normalized spacial score (nSPS) is 21.8. The van der Waals surface area contributed by atoms with Crippen LogP contribution in [0.1, 0.15) is 31.7 Å². The number of rotatable bonds is 4. The van der Waals surface area contributed by atoms with Crippen LogP contribution in [0.25, 0.3) is 16.5 Å². The highest BCUT2D eigenvalue weighted by Gasteiger charge is 2.25. The zero-order chi connectivity index (χ0) is 16.7. The third-order valence-electron chi connectivity index (χ3n) is 4.92. The number of nitrogen functional groups attached to an aromatic ring is 1. The predicted octanol–water partition coefficient (Wildman–Crippen LogP) is 2.72. The van der Waals surface area contributed by atoms with Crippen molar-refractivity contribution in [2.75, 3.05) is 18.9 Å². The summed E-state index contributed by atoms with van der Waals surface area (Å²) in [6.07, 6.45) is 7.46. The molecule has 1 aliphatic carbocycles. The standard InChI is InChI=1S/C17H22BrN5O/c1-2-23-15-13(7-20-17(19)14(15)16(18)22-23)10-3-5-11(6-4-10)21-12-8-24-9-12/h3,7,11-12,21H,2,4-6,8-9H2,1H3,(H2,19,20). The van der Waals surface area contributed by atoms with Gasteiger partial charge in [-0.05, 0) is 47.7 Å². The van der Waals surface area contributed by atoms with E-state index >= 15 is 0 Å². The number of fused-ring (bicyclic) bond motifs is 1. The fraction of sp³-hybridized carbons (Fsp3) is 0.529. The number of nitrogens with one attached hydrogen (secondary N) is 1. The molecular weight excluding hydrogens is 370 g/mol. The lowest BCUT2D eigenvalue weighted by atomic mass is 9.90. The molecule has 6 nitrogen and oxygen atoms in total. The first-order valence-electron chi connectivity index (χ1n) is 8.51. The Hall–Kier alpha value is -1.44. The molecule has 1 unspecified atom stereocenters. The molecule has 2 aromatic rings. The Balaban J connectivity index is 1.65. The molecule has 0 radical (unpaired) electrons. The zero-order valence-corrected chi connectivity index (χ0v) is 15.3. The molecule has 4 rings (SSSR count). The smallest absolute Gasteiger partial charge is 0.139 e. The Morgan fingerprint density at radius 3 is 2.88 bits per heavy atom. The van der Waals surface area contributed by atoms with E-state index in [0.717, 1.165) is 60.1 Å². The molecule has 1 atom stereocenters. The molecule has 128 valence electrons. The Morgan fingerprint density at radius 2 is 2.25 bits per heavy atom. The van der Waals surface area contributed by atoms with Crippen molar-refractivity contribution in [1.82, 2.24) is 20.1 Å². The van der Waals surface area contributed by atoms with Gasteiger partial charge in [-0.25, -0.2) is 4.98 Å². The fourth-order valence-electron chi connectivity index (χ4n) is 3.55. The summed E-state index contributed by atoms with van der Waals surface area (Å²) in [7, 11) is 0. The van der Waals surface area contributed by atoms with E-state index in [0.29, 0.717) is 17.9 Å². The average molecular weight is 392 g/mol. The highest BCUT2D eigenvalue weighted by molar-refractivity contribution is 9.10. The molecule has 0 aromatic carbocycles. The summed E-state index contributed by atoms with van der Waals surface area (Å²) in [6, 6.07) is 1.08. The van der Waals surface area contributed by atoms with Crippen molar-refractivity contribution in [2.45, 2.75) is 44.8 Å². The van der Waals surface area contributed by atoms with Gasteiger partial charge in [-0.2, -0.15) is 5.10 Å². The van der Waals surface area contributed by atoms with Gasteiger partial charge in [-0.15, -0.1) is 0 Å². The summed E-state index contributed by atoms with van der Waals surface area (Å²) in [5.41, 5.74) is 9.67. The molecule has 0 amide bonds. The molecule has 1 fully saturated rings. The van der Waals surface area contributed by atoms with Gasteiger partial charge in [0.15, 0.2) is 0 Å². The zero-order valence-electron chi connectivity index (χ0n) is 13.8. The van der Waals surface area contributed by atoms with Gasteiger partial charge in [0.1, 0.15) is 10.4 Å². The molecule has 7 heteroatoms. The van der Waals surface area contributed by atoms with E-state index in [1.165, 1.54) is 5.57 Å². The van der Waals surface area contributed by atoms with Crippen LogP contribution in [-0.4, -0.2) is 40.1 Å². The van der Waals surface area contributed by atoms with Gasteiger partial charge in [0.25, 0.3) is 0 Å². The lowest BCUT2D eigenvalue weighted by molar-refractivity contribution is -0.0103. The van der Waals surface area contributed by atoms with Crippen molar-refractivity contribution in [1.29, 1.82) is 0 Å². The largest absolute Gasteiger partial charge is 0.383 e. The highest BCUT2D eigenvalue weighted by atomic mass is 79.9. The third-order valence-corrected chi connectivity index (χ3v) is 5.47. The van der Waals surface area contributed by atoms with E-state index in [-0.39, 0.29) is 0 Å². The molecule has 1 aliphatic heterocycles. The number of halogens is 1. The molecule has 0 spiro atoms. The van der Waals surface area contributed by atoms with Gasteiger partial charge in [-0.1, -0.05) is 6.08 Å². The van der Waals surface area contributed by atoms with Crippen LogP contribution in [0.3, 0.4) is 0 Å². The summed E-state index contributed by atoms with van der Waals surface area (Å²) in [5.74, 6) is 0.529. The van der Waals surface area contributed by atoms with Crippen molar-refractivity contribution in [3.05, 3.63) is 22.4 Å². The number of ether oxygens (including phenoxy) is 1. The van der Waals surface area contributed by atoms with E-state index in [9.17, 15) is 0 Å². The first-order chi connectivity index (χ1) is 11.7. The van der Waals surface area contributed by atoms with Crippen molar-refractivity contribution in [2.24, 2.45) is 0 Å².